The molecule has 108 valence electrons. The van der Waals surface area contributed by atoms with Gasteiger partial charge in [0.2, 0.25) is 5.91 Å². The van der Waals surface area contributed by atoms with Crippen molar-refractivity contribution in [3.05, 3.63) is 28.2 Å². The third-order valence-corrected chi connectivity index (χ3v) is 4.75. The van der Waals surface area contributed by atoms with Gasteiger partial charge in [0.05, 0.1) is 21.1 Å². The molecule has 0 atom stereocenters. The topological polar surface area (TPSA) is 55.1 Å². The van der Waals surface area contributed by atoms with E-state index in [1.54, 1.807) is 18.2 Å². The summed E-state index contributed by atoms with van der Waals surface area (Å²) in [6.45, 7) is 0. The van der Waals surface area contributed by atoms with E-state index in [-0.39, 0.29) is 10.9 Å². The van der Waals surface area contributed by atoms with Crippen molar-refractivity contribution in [1.29, 1.82) is 0 Å². The molecule has 3 N–H and O–H groups in total. The number of amides is 1. The molecule has 0 aliphatic heterocycles. The van der Waals surface area contributed by atoms with E-state index in [9.17, 15) is 4.79 Å². The predicted molar refractivity (Wildman–Crippen MR) is 87.4 cm³/mol. The van der Waals surface area contributed by atoms with Crippen molar-refractivity contribution in [2.75, 3.05) is 5.32 Å². The first kappa shape index (κ1) is 15.5. The Morgan fingerprint density at radius 3 is 2.50 bits per heavy atom. The van der Waals surface area contributed by atoms with Crippen molar-refractivity contribution in [2.24, 2.45) is 11.1 Å². The van der Waals surface area contributed by atoms with Gasteiger partial charge in [0, 0.05) is 5.02 Å². The number of anilines is 1. The van der Waals surface area contributed by atoms with Crippen LogP contribution in [0.2, 0.25) is 10.0 Å². The Labute approximate surface area is 133 Å². The lowest BCUT2D eigenvalue weighted by atomic mass is 9.73. The summed E-state index contributed by atoms with van der Waals surface area (Å²) in [6, 6.07) is 4.94. The number of nitrogens with one attached hydrogen (secondary N) is 1. The van der Waals surface area contributed by atoms with Crippen LogP contribution in [0.1, 0.15) is 32.1 Å². The van der Waals surface area contributed by atoms with E-state index < -0.39 is 5.41 Å². The Kier molecular flexibility index (Phi) is 4.89. The second kappa shape index (κ2) is 6.29. The quantitative estimate of drug-likeness (QED) is 0.818. The van der Waals surface area contributed by atoms with Crippen molar-refractivity contribution in [1.82, 2.24) is 0 Å². The molecule has 1 aliphatic rings. The molecule has 0 unspecified atom stereocenters. The molecule has 20 heavy (non-hydrogen) atoms. The predicted octanol–water partition coefficient (Wildman–Crippen LogP) is 4.17. The fourth-order valence-corrected chi connectivity index (χ4v) is 3.21. The van der Waals surface area contributed by atoms with Crippen LogP contribution in [-0.4, -0.2) is 10.9 Å². The standard InChI is InChI=1S/C14H16Cl2N2OS/c15-9-4-5-10(16)11(8-9)18-13(19)14(12(17)20)6-2-1-3-7-14/h4-5,8H,1-3,6-7H2,(H2,17,20)(H,18,19). The van der Waals surface area contributed by atoms with Crippen molar-refractivity contribution in [3.8, 4) is 0 Å². The van der Waals surface area contributed by atoms with Crippen molar-refractivity contribution < 1.29 is 4.79 Å². The van der Waals surface area contributed by atoms with E-state index in [1.165, 1.54) is 0 Å². The maximum atomic E-state index is 12.6. The zero-order valence-electron chi connectivity index (χ0n) is 10.9. The molecule has 2 rings (SSSR count). The highest BCUT2D eigenvalue weighted by atomic mass is 35.5. The summed E-state index contributed by atoms with van der Waals surface area (Å²) in [7, 11) is 0. The van der Waals surface area contributed by atoms with Gasteiger partial charge >= 0.3 is 0 Å². The Balaban J connectivity index is 2.25. The SMILES string of the molecule is NC(=S)C1(C(=O)Nc2cc(Cl)ccc2Cl)CCCCC1. The minimum atomic E-state index is -0.765. The van der Waals surface area contributed by atoms with Crippen LogP contribution < -0.4 is 11.1 Å². The number of benzene rings is 1. The molecule has 0 radical (unpaired) electrons. The lowest BCUT2D eigenvalue weighted by Crippen LogP contribution is -2.47. The van der Waals surface area contributed by atoms with Gasteiger partial charge in [-0.15, -0.1) is 0 Å². The smallest absolute Gasteiger partial charge is 0.237 e. The van der Waals surface area contributed by atoms with Crippen LogP contribution in [0.15, 0.2) is 18.2 Å². The van der Waals surface area contributed by atoms with E-state index in [4.69, 9.17) is 41.2 Å². The lowest BCUT2D eigenvalue weighted by molar-refractivity contribution is -0.123. The Morgan fingerprint density at radius 2 is 1.90 bits per heavy atom. The summed E-state index contributed by atoms with van der Waals surface area (Å²) in [4.78, 5) is 12.9. The fraction of sp³-hybridized carbons (Fsp3) is 0.429. The molecular weight excluding hydrogens is 315 g/mol. The average Bonchev–Trinajstić information content (AvgIpc) is 2.43. The van der Waals surface area contributed by atoms with Crippen LogP contribution in [0.3, 0.4) is 0 Å². The average molecular weight is 331 g/mol. The maximum Gasteiger partial charge on any atom is 0.237 e. The van der Waals surface area contributed by atoms with Crippen molar-refractivity contribution in [3.63, 3.8) is 0 Å². The van der Waals surface area contributed by atoms with E-state index in [0.29, 0.717) is 28.6 Å². The van der Waals surface area contributed by atoms with E-state index >= 15 is 0 Å². The molecule has 0 spiro atoms. The summed E-state index contributed by atoms with van der Waals surface area (Å²) >= 11 is 17.1. The molecule has 0 bridgehead atoms. The van der Waals surface area contributed by atoms with Gasteiger partial charge in [0.25, 0.3) is 0 Å². The fourth-order valence-electron chi connectivity index (χ4n) is 2.58. The highest BCUT2D eigenvalue weighted by Gasteiger charge is 2.42. The van der Waals surface area contributed by atoms with Gasteiger partial charge in [-0.3, -0.25) is 4.79 Å². The van der Waals surface area contributed by atoms with E-state index in [2.05, 4.69) is 5.32 Å². The van der Waals surface area contributed by atoms with Gasteiger partial charge in [-0.25, -0.2) is 0 Å². The van der Waals surface area contributed by atoms with Gasteiger partial charge in [0.1, 0.15) is 0 Å². The number of carbonyl (C=O) groups is 1. The largest absolute Gasteiger partial charge is 0.392 e. The summed E-state index contributed by atoms with van der Waals surface area (Å²) in [5.41, 5.74) is 5.56. The van der Waals surface area contributed by atoms with Crippen molar-refractivity contribution in [2.45, 2.75) is 32.1 Å². The monoisotopic (exact) mass is 330 g/mol. The molecule has 6 heteroatoms. The summed E-state index contributed by atoms with van der Waals surface area (Å²) in [6.07, 6.45) is 4.39. The summed E-state index contributed by atoms with van der Waals surface area (Å²) < 4.78 is 0. The Bertz CT molecular complexity index is 542. The molecule has 1 aromatic rings. The second-order valence-corrected chi connectivity index (χ2v) is 6.37. The third-order valence-electron chi connectivity index (χ3n) is 3.79. The number of thiocarbonyl (C=S) groups is 1. The van der Waals surface area contributed by atoms with Crippen LogP contribution in [0.25, 0.3) is 0 Å². The number of nitrogens with two attached hydrogens (primary N) is 1. The van der Waals surface area contributed by atoms with Crippen molar-refractivity contribution >= 4 is 52.0 Å². The zero-order valence-corrected chi connectivity index (χ0v) is 13.2. The molecule has 1 amide bonds. The van der Waals surface area contributed by atoms with Crippen LogP contribution in [0, 0.1) is 5.41 Å². The molecule has 1 aromatic carbocycles. The normalized spacial score (nSPS) is 17.5. The summed E-state index contributed by atoms with van der Waals surface area (Å²) in [5.74, 6) is -0.186. The molecule has 0 aromatic heterocycles. The number of halogens is 2. The van der Waals surface area contributed by atoms with Gasteiger partial charge in [-0.1, -0.05) is 54.7 Å². The number of carbonyl (C=O) groups excluding carboxylic acids is 1. The molecule has 1 saturated carbocycles. The minimum absolute atomic E-state index is 0.186. The molecule has 1 fully saturated rings. The zero-order chi connectivity index (χ0) is 14.8. The third kappa shape index (κ3) is 3.08. The second-order valence-electron chi connectivity index (χ2n) is 5.09. The number of hydrogen-bond donors (Lipinski definition) is 2. The Hall–Kier alpha value is -0.840. The highest BCUT2D eigenvalue weighted by molar-refractivity contribution is 7.80. The van der Waals surface area contributed by atoms with Crippen LogP contribution >= 0.6 is 35.4 Å². The maximum absolute atomic E-state index is 12.6. The van der Waals surface area contributed by atoms with Gasteiger partial charge < -0.3 is 11.1 Å². The first-order chi connectivity index (χ1) is 9.45. The van der Waals surface area contributed by atoms with Gasteiger partial charge in [-0.2, -0.15) is 0 Å². The lowest BCUT2D eigenvalue weighted by Gasteiger charge is -2.34. The van der Waals surface area contributed by atoms with Gasteiger partial charge in [0.15, 0.2) is 0 Å². The Morgan fingerprint density at radius 1 is 1.25 bits per heavy atom. The number of rotatable bonds is 3. The molecule has 3 nitrogen and oxygen atoms in total. The molecule has 1 aliphatic carbocycles. The first-order valence-corrected chi connectivity index (χ1v) is 7.68. The highest BCUT2D eigenvalue weighted by Crippen LogP contribution is 2.38. The van der Waals surface area contributed by atoms with Gasteiger partial charge in [-0.05, 0) is 31.0 Å². The first-order valence-electron chi connectivity index (χ1n) is 6.52. The van der Waals surface area contributed by atoms with Crippen LogP contribution in [-0.2, 0) is 4.79 Å². The van der Waals surface area contributed by atoms with E-state index in [0.717, 1.165) is 19.3 Å². The number of hydrogen-bond acceptors (Lipinski definition) is 2. The van der Waals surface area contributed by atoms with Crippen LogP contribution in [0.4, 0.5) is 5.69 Å². The van der Waals surface area contributed by atoms with E-state index in [1.807, 2.05) is 0 Å². The molecular formula is C14H16Cl2N2OS. The molecule has 0 heterocycles. The molecule has 0 saturated heterocycles. The minimum Gasteiger partial charge on any atom is -0.392 e. The van der Waals surface area contributed by atoms with Crippen LogP contribution in [0.5, 0.6) is 0 Å². The summed E-state index contributed by atoms with van der Waals surface area (Å²) in [5, 5.41) is 3.77.